The van der Waals surface area contributed by atoms with E-state index in [9.17, 15) is 9.18 Å². The van der Waals surface area contributed by atoms with Crippen LogP contribution in [0.4, 0.5) is 10.1 Å². The van der Waals surface area contributed by atoms with Crippen LogP contribution in [0.15, 0.2) is 46.9 Å². The number of rotatable bonds is 3. The molecule has 3 nitrogen and oxygen atoms in total. The summed E-state index contributed by atoms with van der Waals surface area (Å²) in [5, 5.41) is 2.81. The Labute approximate surface area is 125 Å². The van der Waals surface area contributed by atoms with Crippen LogP contribution in [0, 0.1) is 5.82 Å². The van der Waals surface area contributed by atoms with Gasteiger partial charge in [-0.3, -0.25) is 4.79 Å². The summed E-state index contributed by atoms with van der Waals surface area (Å²) in [4.78, 5) is 12.1. The van der Waals surface area contributed by atoms with Crippen molar-refractivity contribution in [1.29, 1.82) is 0 Å². The summed E-state index contributed by atoms with van der Waals surface area (Å²) in [6.07, 6.45) is 0. The molecular formula is C15H14BrFN2O. The van der Waals surface area contributed by atoms with Gasteiger partial charge in [-0.25, -0.2) is 4.39 Å². The smallest absolute Gasteiger partial charge is 0.251 e. The number of hydrogen-bond donors (Lipinski definition) is 2. The number of nitrogen functional groups attached to an aromatic ring is 1. The van der Waals surface area contributed by atoms with Gasteiger partial charge in [-0.05, 0) is 42.8 Å². The minimum atomic E-state index is -0.522. The average Bonchev–Trinajstić information content (AvgIpc) is 2.38. The van der Waals surface area contributed by atoms with E-state index in [0.717, 1.165) is 10.0 Å². The maximum atomic E-state index is 13.2. The molecule has 2 aromatic carbocycles. The van der Waals surface area contributed by atoms with Crippen LogP contribution >= 0.6 is 15.9 Å². The number of hydrogen-bond acceptors (Lipinski definition) is 2. The van der Waals surface area contributed by atoms with Crippen molar-refractivity contribution < 1.29 is 9.18 Å². The zero-order chi connectivity index (χ0) is 14.7. The van der Waals surface area contributed by atoms with Crippen LogP contribution in [-0.4, -0.2) is 5.91 Å². The van der Waals surface area contributed by atoms with E-state index in [2.05, 4.69) is 21.2 Å². The second kappa shape index (κ2) is 6.05. The minimum absolute atomic E-state index is 0.180. The monoisotopic (exact) mass is 336 g/mol. The molecule has 0 fully saturated rings. The molecule has 5 heteroatoms. The summed E-state index contributed by atoms with van der Waals surface area (Å²) in [7, 11) is 0. The van der Waals surface area contributed by atoms with Gasteiger partial charge in [0.1, 0.15) is 5.82 Å². The van der Waals surface area contributed by atoms with E-state index in [4.69, 9.17) is 5.73 Å². The van der Waals surface area contributed by atoms with Crippen LogP contribution in [-0.2, 0) is 0 Å². The third-order valence-electron chi connectivity index (χ3n) is 2.90. The van der Waals surface area contributed by atoms with Gasteiger partial charge in [-0.15, -0.1) is 0 Å². The van der Waals surface area contributed by atoms with Crippen molar-refractivity contribution in [2.24, 2.45) is 0 Å². The summed E-state index contributed by atoms with van der Waals surface area (Å²) in [5.74, 6) is -0.877. The van der Waals surface area contributed by atoms with Crippen molar-refractivity contribution in [3.8, 4) is 0 Å². The van der Waals surface area contributed by atoms with Gasteiger partial charge < -0.3 is 11.1 Å². The molecule has 1 amide bonds. The van der Waals surface area contributed by atoms with Gasteiger partial charge in [0.25, 0.3) is 5.91 Å². The first-order chi connectivity index (χ1) is 9.45. The molecule has 2 aromatic rings. The Kier molecular flexibility index (Phi) is 4.39. The molecule has 2 rings (SSSR count). The predicted molar refractivity (Wildman–Crippen MR) is 80.8 cm³/mol. The second-order valence-corrected chi connectivity index (χ2v) is 5.44. The van der Waals surface area contributed by atoms with E-state index in [1.165, 1.54) is 18.2 Å². The van der Waals surface area contributed by atoms with Crippen LogP contribution in [0.25, 0.3) is 0 Å². The average molecular weight is 337 g/mol. The molecule has 0 aliphatic carbocycles. The molecule has 0 saturated heterocycles. The Bertz CT molecular complexity index is 608. The number of nitrogens with one attached hydrogen (secondary N) is 1. The quantitative estimate of drug-likeness (QED) is 0.840. The number of carbonyl (C=O) groups excluding carboxylic acids is 1. The number of amides is 1. The van der Waals surface area contributed by atoms with Crippen molar-refractivity contribution in [3.05, 3.63) is 63.9 Å². The molecular weight excluding hydrogens is 323 g/mol. The highest BCUT2D eigenvalue weighted by Crippen LogP contribution is 2.18. The van der Waals surface area contributed by atoms with Gasteiger partial charge in [0.15, 0.2) is 0 Å². The van der Waals surface area contributed by atoms with E-state index < -0.39 is 5.82 Å². The summed E-state index contributed by atoms with van der Waals surface area (Å²) in [6, 6.07) is 11.2. The number of nitrogens with two attached hydrogens (primary N) is 1. The summed E-state index contributed by atoms with van der Waals surface area (Å²) in [6.45, 7) is 1.86. The van der Waals surface area contributed by atoms with Gasteiger partial charge in [0, 0.05) is 15.7 Å². The van der Waals surface area contributed by atoms with Gasteiger partial charge in [0.05, 0.1) is 6.04 Å². The number of anilines is 1. The predicted octanol–water partition coefficient (Wildman–Crippen LogP) is 3.66. The summed E-state index contributed by atoms with van der Waals surface area (Å²) in [5.41, 5.74) is 6.94. The fourth-order valence-corrected chi connectivity index (χ4v) is 2.12. The maximum absolute atomic E-state index is 13.2. The van der Waals surface area contributed by atoms with Gasteiger partial charge >= 0.3 is 0 Å². The molecule has 3 N–H and O–H groups in total. The molecule has 0 heterocycles. The highest BCUT2D eigenvalue weighted by atomic mass is 79.9. The summed E-state index contributed by atoms with van der Waals surface area (Å²) >= 11 is 3.36. The lowest BCUT2D eigenvalue weighted by atomic mass is 10.1. The van der Waals surface area contributed by atoms with Crippen LogP contribution in [0.5, 0.6) is 0 Å². The topological polar surface area (TPSA) is 55.1 Å². The molecule has 20 heavy (non-hydrogen) atoms. The third kappa shape index (κ3) is 3.57. The highest BCUT2D eigenvalue weighted by Gasteiger charge is 2.12. The van der Waals surface area contributed by atoms with Gasteiger partial charge in [-0.1, -0.05) is 28.1 Å². The second-order valence-electron chi connectivity index (χ2n) is 4.52. The Balaban J connectivity index is 2.12. The van der Waals surface area contributed by atoms with E-state index in [1.54, 1.807) is 0 Å². The molecule has 0 saturated carbocycles. The molecule has 0 spiro atoms. The lowest BCUT2D eigenvalue weighted by Crippen LogP contribution is -2.26. The van der Waals surface area contributed by atoms with Crippen molar-refractivity contribution in [2.45, 2.75) is 13.0 Å². The SMILES string of the molecule is CC(NC(=O)c1cc(N)cc(F)c1)c1ccc(Br)cc1. The molecule has 1 atom stereocenters. The lowest BCUT2D eigenvalue weighted by molar-refractivity contribution is 0.0939. The fourth-order valence-electron chi connectivity index (χ4n) is 1.86. The largest absolute Gasteiger partial charge is 0.399 e. The number of benzene rings is 2. The van der Waals surface area contributed by atoms with Crippen molar-refractivity contribution in [3.63, 3.8) is 0 Å². The lowest BCUT2D eigenvalue weighted by Gasteiger charge is -2.14. The normalized spacial score (nSPS) is 11.9. The fraction of sp³-hybridized carbons (Fsp3) is 0.133. The van der Waals surface area contributed by atoms with Crippen molar-refractivity contribution >= 4 is 27.5 Å². The Morgan fingerprint density at radius 3 is 2.50 bits per heavy atom. The molecule has 0 aliphatic heterocycles. The first-order valence-corrected chi connectivity index (χ1v) is 6.87. The third-order valence-corrected chi connectivity index (χ3v) is 3.43. The number of carbonyl (C=O) groups is 1. The maximum Gasteiger partial charge on any atom is 0.251 e. The van der Waals surface area contributed by atoms with Crippen LogP contribution in [0.2, 0.25) is 0 Å². The number of halogens is 2. The molecule has 0 aromatic heterocycles. The molecule has 0 radical (unpaired) electrons. The van der Waals surface area contributed by atoms with Gasteiger partial charge in [0.2, 0.25) is 0 Å². The molecule has 0 aliphatic rings. The van der Waals surface area contributed by atoms with Crippen LogP contribution < -0.4 is 11.1 Å². The van der Waals surface area contributed by atoms with E-state index >= 15 is 0 Å². The Morgan fingerprint density at radius 1 is 1.25 bits per heavy atom. The van der Waals surface area contributed by atoms with E-state index in [-0.39, 0.29) is 23.2 Å². The van der Waals surface area contributed by atoms with Crippen molar-refractivity contribution in [2.75, 3.05) is 5.73 Å². The summed E-state index contributed by atoms with van der Waals surface area (Å²) < 4.78 is 14.2. The Hall–Kier alpha value is -1.88. The van der Waals surface area contributed by atoms with Gasteiger partial charge in [-0.2, -0.15) is 0 Å². The first kappa shape index (κ1) is 14.5. The highest BCUT2D eigenvalue weighted by molar-refractivity contribution is 9.10. The molecule has 104 valence electrons. The van der Waals surface area contributed by atoms with E-state index in [1.807, 2.05) is 31.2 Å². The zero-order valence-corrected chi connectivity index (χ0v) is 12.4. The zero-order valence-electron chi connectivity index (χ0n) is 10.9. The van der Waals surface area contributed by atoms with Crippen LogP contribution in [0.3, 0.4) is 0 Å². The molecule has 0 bridgehead atoms. The van der Waals surface area contributed by atoms with Crippen molar-refractivity contribution in [1.82, 2.24) is 5.32 Å². The van der Waals surface area contributed by atoms with Crippen LogP contribution in [0.1, 0.15) is 28.9 Å². The Morgan fingerprint density at radius 2 is 1.90 bits per heavy atom. The van der Waals surface area contributed by atoms with E-state index in [0.29, 0.717) is 0 Å². The first-order valence-electron chi connectivity index (χ1n) is 6.08. The molecule has 1 unspecified atom stereocenters. The standard InChI is InChI=1S/C15H14BrFN2O/c1-9(10-2-4-12(16)5-3-10)19-15(20)11-6-13(17)8-14(18)7-11/h2-9H,18H2,1H3,(H,19,20). The minimum Gasteiger partial charge on any atom is -0.399 e.